The molecule has 2 aromatic heterocycles. The van der Waals surface area contributed by atoms with Crippen LogP contribution in [0, 0.1) is 0 Å². The fraction of sp³-hybridized carbons (Fsp3) is 0.188. The van der Waals surface area contributed by atoms with Crippen LogP contribution >= 0.6 is 0 Å². The fourth-order valence-corrected chi connectivity index (χ4v) is 2.32. The molecule has 0 saturated carbocycles. The maximum atomic E-state index is 11.1. The van der Waals surface area contributed by atoms with Crippen LogP contribution in [0.25, 0.3) is 16.9 Å². The number of hydrogen-bond donors (Lipinski definition) is 2. The topological polar surface area (TPSA) is 87.7 Å². The molecular formula is C16H15N3O3. The van der Waals surface area contributed by atoms with E-state index in [1.54, 1.807) is 16.6 Å². The Morgan fingerprint density at radius 3 is 2.55 bits per heavy atom. The minimum Gasteiger partial charge on any atom is -0.477 e. The molecule has 6 heteroatoms. The molecule has 0 unspecified atom stereocenters. The zero-order valence-electron chi connectivity index (χ0n) is 12.0. The van der Waals surface area contributed by atoms with E-state index in [-0.39, 0.29) is 12.3 Å². The van der Waals surface area contributed by atoms with Crippen LogP contribution in [0.2, 0.25) is 0 Å². The summed E-state index contributed by atoms with van der Waals surface area (Å²) in [5, 5.41) is 22.7. The average molecular weight is 297 g/mol. The SMILES string of the molecule is CCc1cc(C(=O)O)nc2cc(-c3ccc(CO)cc3)nn12. The van der Waals surface area contributed by atoms with Crippen molar-refractivity contribution >= 4 is 11.6 Å². The van der Waals surface area contributed by atoms with Gasteiger partial charge in [0.1, 0.15) is 0 Å². The molecule has 3 aromatic rings. The normalized spacial score (nSPS) is 11.0. The molecule has 2 heterocycles. The van der Waals surface area contributed by atoms with E-state index >= 15 is 0 Å². The molecule has 6 nitrogen and oxygen atoms in total. The number of fused-ring (bicyclic) bond motifs is 1. The molecule has 2 N–H and O–H groups in total. The van der Waals surface area contributed by atoms with Gasteiger partial charge in [0.05, 0.1) is 12.3 Å². The molecule has 112 valence electrons. The van der Waals surface area contributed by atoms with Gasteiger partial charge in [-0.1, -0.05) is 31.2 Å². The number of aromatic nitrogens is 3. The fourth-order valence-electron chi connectivity index (χ4n) is 2.32. The van der Waals surface area contributed by atoms with Crippen molar-refractivity contribution in [3.63, 3.8) is 0 Å². The lowest BCUT2D eigenvalue weighted by Crippen LogP contribution is -2.06. The van der Waals surface area contributed by atoms with E-state index < -0.39 is 5.97 Å². The monoisotopic (exact) mass is 297 g/mol. The smallest absolute Gasteiger partial charge is 0.354 e. The van der Waals surface area contributed by atoms with Crippen LogP contribution in [0.15, 0.2) is 36.4 Å². The number of aromatic carboxylic acids is 1. The lowest BCUT2D eigenvalue weighted by Gasteiger charge is -2.03. The van der Waals surface area contributed by atoms with Crippen molar-refractivity contribution in [1.82, 2.24) is 14.6 Å². The lowest BCUT2D eigenvalue weighted by molar-refractivity contribution is 0.0690. The zero-order valence-corrected chi connectivity index (χ0v) is 12.0. The Balaban J connectivity index is 2.13. The second kappa shape index (κ2) is 5.57. The number of carboxylic acid groups (broad SMARTS) is 1. The summed E-state index contributed by atoms with van der Waals surface area (Å²) in [5.41, 5.74) is 3.76. The van der Waals surface area contributed by atoms with E-state index in [4.69, 9.17) is 10.2 Å². The average Bonchev–Trinajstić information content (AvgIpc) is 2.97. The molecule has 0 aliphatic rings. The first-order valence-electron chi connectivity index (χ1n) is 6.95. The number of hydrogen-bond acceptors (Lipinski definition) is 4. The highest BCUT2D eigenvalue weighted by molar-refractivity contribution is 5.86. The van der Waals surface area contributed by atoms with Gasteiger partial charge in [-0.15, -0.1) is 0 Å². The molecule has 0 bridgehead atoms. The third-order valence-corrected chi connectivity index (χ3v) is 3.51. The number of carboxylic acids is 1. The van der Waals surface area contributed by atoms with Gasteiger partial charge in [-0.25, -0.2) is 14.3 Å². The summed E-state index contributed by atoms with van der Waals surface area (Å²) >= 11 is 0. The van der Waals surface area contributed by atoms with Gasteiger partial charge in [0, 0.05) is 17.3 Å². The first kappa shape index (κ1) is 14.2. The third-order valence-electron chi connectivity index (χ3n) is 3.51. The van der Waals surface area contributed by atoms with Gasteiger partial charge in [-0.3, -0.25) is 0 Å². The van der Waals surface area contributed by atoms with Gasteiger partial charge in [0.25, 0.3) is 0 Å². The molecular weight excluding hydrogens is 282 g/mol. The van der Waals surface area contributed by atoms with Crippen LogP contribution < -0.4 is 0 Å². The summed E-state index contributed by atoms with van der Waals surface area (Å²) < 4.78 is 1.67. The number of aryl methyl sites for hydroxylation is 1. The van der Waals surface area contributed by atoms with Crippen molar-refractivity contribution in [1.29, 1.82) is 0 Å². The Morgan fingerprint density at radius 1 is 1.23 bits per heavy atom. The van der Waals surface area contributed by atoms with E-state index in [2.05, 4.69) is 10.1 Å². The molecule has 0 radical (unpaired) electrons. The summed E-state index contributed by atoms with van der Waals surface area (Å²) in [4.78, 5) is 15.3. The second-order valence-electron chi connectivity index (χ2n) is 4.95. The van der Waals surface area contributed by atoms with Gasteiger partial charge in [0.2, 0.25) is 0 Å². The van der Waals surface area contributed by atoms with E-state index in [0.717, 1.165) is 16.8 Å². The van der Waals surface area contributed by atoms with Crippen LogP contribution in [-0.2, 0) is 13.0 Å². The summed E-state index contributed by atoms with van der Waals surface area (Å²) in [6, 6.07) is 10.7. The molecule has 1 aromatic carbocycles. The first-order valence-corrected chi connectivity index (χ1v) is 6.95. The van der Waals surface area contributed by atoms with E-state index in [9.17, 15) is 4.79 Å². The maximum Gasteiger partial charge on any atom is 0.354 e. The highest BCUT2D eigenvalue weighted by atomic mass is 16.4. The summed E-state index contributed by atoms with van der Waals surface area (Å²) in [6.07, 6.45) is 0.657. The van der Waals surface area contributed by atoms with Crippen molar-refractivity contribution in [2.24, 2.45) is 0 Å². The molecule has 3 rings (SSSR count). The Morgan fingerprint density at radius 2 is 1.95 bits per heavy atom. The van der Waals surface area contributed by atoms with Gasteiger partial charge in [-0.2, -0.15) is 5.10 Å². The summed E-state index contributed by atoms with van der Waals surface area (Å²) in [6.45, 7) is 1.94. The van der Waals surface area contributed by atoms with E-state index in [0.29, 0.717) is 17.8 Å². The Labute approximate surface area is 126 Å². The first-order chi connectivity index (χ1) is 10.6. The van der Waals surface area contributed by atoms with Crippen LogP contribution in [0.4, 0.5) is 0 Å². The van der Waals surface area contributed by atoms with Crippen molar-refractivity contribution in [2.75, 3.05) is 0 Å². The highest BCUT2D eigenvalue weighted by Crippen LogP contribution is 2.21. The third kappa shape index (κ3) is 2.44. The van der Waals surface area contributed by atoms with Gasteiger partial charge < -0.3 is 10.2 Å². The maximum absolute atomic E-state index is 11.1. The zero-order chi connectivity index (χ0) is 15.7. The van der Waals surface area contributed by atoms with Crippen LogP contribution in [0.5, 0.6) is 0 Å². The van der Waals surface area contributed by atoms with Gasteiger partial charge in [-0.05, 0) is 18.1 Å². The Hall–Kier alpha value is -2.73. The van der Waals surface area contributed by atoms with Gasteiger partial charge >= 0.3 is 5.97 Å². The van der Waals surface area contributed by atoms with Crippen LogP contribution in [0.3, 0.4) is 0 Å². The summed E-state index contributed by atoms with van der Waals surface area (Å²) in [7, 11) is 0. The van der Waals surface area contributed by atoms with Crippen molar-refractivity contribution in [3.05, 3.63) is 53.3 Å². The van der Waals surface area contributed by atoms with E-state index in [1.807, 2.05) is 31.2 Å². The molecule has 22 heavy (non-hydrogen) atoms. The predicted molar refractivity (Wildman–Crippen MR) is 80.7 cm³/mol. The second-order valence-corrected chi connectivity index (χ2v) is 4.95. The number of rotatable bonds is 4. The van der Waals surface area contributed by atoms with E-state index in [1.165, 1.54) is 0 Å². The summed E-state index contributed by atoms with van der Waals surface area (Å²) in [5.74, 6) is -1.05. The number of aliphatic hydroxyl groups excluding tert-OH is 1. The van der Waals surface area contributed by atoms with Crippen LogP contribution in [-0.4, -0.2) is 30.8 Å². The largest absolute Gasteiger partial charge is 0.477 e. The molecule has 0 aliphatic heterocycles. The van der Waals surface area contributed by atoms with Crippen molar-refractivity contribution in [2.45, 2.75) is 20.0 Å². The highest BCUT2D eigenvalue weighted by Gasteiger charge is 2.13. The number of carbonyl (C=O) groups is 1. The molecule has 0 fully saturated rings. The number of nitrogens with zero attached hydrogens (tertiary/aromatic N) is 3. The standard InChI is InChI=1S/C16H15N3O3/c1-2-12-7-14(16(21)22)17-15-8-13(18-19(12)15)11-5-3-10(9-20)4-6-11/h3-8,20H,2,9H2,1H3,(H,21,22). The van der Waals surface area contributed by atoms with Crippen molar-refractivity contribution in [3.8, 4) is 11.3 Å². The van der Waals surface area contributed by atoms with Crippen LogP contribution in [0.1, 0.15) is 28.7 Å². The molecule has 0 spiro atoms. The quantitative estimate of drug-likeness (QED) is 0.770. The molecule has 0 amide bonds. The minimum atomic E-state index is -1.05. The predicted octanol–water partition coefficient (Wildman–Crippen LogP) is 2.15. The molecule has 0 aliphatic carbocycles. The van der Waals surface area contributed by atoms with Gasteiger partial charge in [0.15, 0.2) is 11.3 Å². The minimum absolute atomic E-state index is 0.00500. The van der Waals surface area contributed by atoms with Crippen molar-refractivity contribution < 1.29 is 15.0 Å². The lowest BCUT2D eigenvalue weighted by atomic mass is 10.1. The Bertz CT molecular complexity index is 838. The molecule has 0 atom stereocenters. The number of aliphatic hydroxyl groups is 1. The Kier molecular flexibility index (Phi) is 3.60. The number of benzene rings is 1. The molecule has 0 saturated heterocycles.